The van der Waals surface area contributed by atoms with E-state index in [4.69, 9.17) is 4.74 Å². The molecule has 0 fully saturated rings. The predicted octanol–water partition coefficient (Wildman–Crippen LogP) is 5.57. The Morgan fingerprint density at radius 2 is 1.60 bits per heavy atom. The third kappa shape index (κ3) is 4.85. The van der Waals surface area contributed by atoms with E-state index in [9.17, 15) is 4.79 Å². The van der Waals surface area contributed by atoms with Gasteiger partial charge in [0.15, 0.2) is 6.61 Å². The second kappa shape index (κ2) is 8.19. The van der Waals surface area contributed by atoms with Crippen LogP contribution in [0.25, 0.3) is 0 Å². The van der Waals surface area contributed by atoms with E-state index in [2.05, 4.69) is 51.2 Å². The topological polar surface area (TPSA) is 38.3 Å². The van der Waals surface area contributed by atoms with Crippen molar-refractivity contribution in [2.75, 3.05) is 11.9 Å². The Kier molecular flexibility index (Phi) is 6.24. The highest BCUT2D eigenvalue weighted by Crippen LogP contribution is 2.32. The van der Waals surface area contributed by atoms with Crippen molar-refractivity contribution in [2.45, 2.75) is 53.4 Å². The summed E-state index contributed by atoms with van der Waals surface area (Å²) in [6.07, 6.45) is 0. The van der Waals surface area contributed by atoms with E-state index >= 15 is 0 Å². The summed E-state index contributed by atoms with van der Waals surface area (Å²) in [5, 5.41) is 3.08. The fourth-order valence-corrected chi connectivity index (χ4v) is 2.88. The first-order valence-corrected chi connectivity index (χ1v) is 8.92. The molecule has 0 aliphatic heterocycles. The Morgan fingerprint density at radius 3 is 2.16 bits per heavy atom. The standard InChI is InChI=1S/C22H29NO2/c1-14(2)18-8-7-9-19(15(3)4)22(18)23-21(24)13-25-20-12-16(5)10-11-17(20)6/h7-12,14-15H,13H2,1-6H3,(H,23,24). The zero-order valence-electron chi connectivity index (χ0n) is 16.1. The molecule has 0 saturated heterocycles. The highest BCUT2D eigenvalue weighted by atomic mass is 16.5. The molecule has 0 unspecified atom stereocenters. The van der Waals surface area contributed by atoms with E-state index in [0.29, 0.717) is 11.8 Å². The molecule has 0 bridgehead atoms. The molecular formula is C22H29NO2. The molecule has 0 aliphatic carbocycles. The van der Waals surface area contributed by atoms with Gasteiger partial charge in [-0.05, 0) is 54.0 Å². The fraction of sp³-hybridized carbons (Fsp3) is 0.409. The monoisotopic (exact) mass is 339 g/mol. The minimum Gasteiger partial charge on any atom is -0.483 e. The molecule has 134 valence electrons. The minimum absolute atomic E-state index is 0.00819. The Hall–Kier alpha value is -2.29. The van der Waals surface area contributed by atoms with E-state index in [1.165, 1.54) is 0 Å². The van der Waals surface area contributed by atoms with Crippen LogP contribution in [0.15, 0.2) is 36.4 Å². The molecule has 1 amide bonds. The Bertz CT molecular complexity index is 721. The molecule has 2 rings (SSSR count). The number of para-hydroxylation sites is 1. The number of rotatable bonds is 6. The van der Waals surface area contributed by atoms with Gasteiger partial charge in [-0.1, -0.05) is 58.0 Å². The summed E-state index contributed by atoms with van der Waals surface area (Å²) < 4.78 is 5.74. The number of nitrogens with one attached hydrogen (secondary N) is 1. The van der Waals surface area contributed by atoms with E-state index in [-0.39, 0.29) is 12.5 Å². The van der Waals surface area contributed by atoms with Gasteiger partial charge in [-0.25, -0.2) is 0 Å². The van der Waals surface area contributed by atoms with Gasteiger partial charge >= 0.3 is 0 Å². The lowest BCUT2D eigenvalue weighted by Gasteiger charge is -2.20. The first-order valence-electron chi connectivity index (χ1n) is 8.92. The largest absolute Gasteiger partial charge is 0.483 e. The van der Waals surface area contributed by atoms with Gasteiger partial charge in [0.25, 0.3) is 5.91 Å². The van der Waals surface area contributed by atoms with E-state index < -0.39 is 0 Å². The molecule has 0 saturated carbocycles. The van der Waals surface area contributed by atoms with Crippen molar-refractivity contribution < 1.29 is 9.53 Å². The molecule has 0 spiro atoms. The average Bonchev–Trinajstić information content (AvgIpc) is 2.55. The number of hydrogen-bond donors (Lipinski definition) is 1. The molecule has 3 nitrogen and oxygen atoms in total. The molecule has 2 aromatic rings. The SMILES string of the molecule is Cc1ccc(C)c(OCC(=O)Nc2c(C(C)C)cccc2C(C)C)c1. The fourth-order valence-electron chi connectivity index (χ4n) is 2.88. The zero-order chi connectivity index (χ0) is 18.6. The Labute approximate surface area is 151 Å². The molecular weight excluding hydrogens is 310 g/mol. The van der Waals surface area contributed by atoms with Crippen molar-refractivity contribution in [1.82, 2.24) is 0 Å². The highest BCUT2D eigenvalue weighted by Gasteiger charge is 2.16. The maximum absolute atomic E-state index is 12.5. The third-order valence-electron chi connectivity index (χ3n) is 4.34. The van der Waals surface area contributed by atoms with Gasteiger partial charge in [-0.2, -0.15) is 0 Å². The summed E-state index contributed by atoms with van der Waals surface area (Å²) >= 11 is 0. The Morgan fingerprint density at radius 1 is 1.00 bits per heavy atom. The van der Waals surface area contributed by atoms with Gasteiger partial charge in [0.1, 0.15) is 5.75 Å². The number of amides is 1. The van der Waals surface area contributed by atoms with Crippen molar-refractivity contribution in [3.63, 3.8) is 0 Å². The van der Waals surface area contributed by atoms with Gasteiger partial charge in [-0.3, -0.25) is 4.79 Å². The summed E-state index contributed by atoms with van der Waals surface area (Å²) in [6, 6.07) is 12.2. The van der Waals surface area contributed by atoms with Crippen LogP contribution in [0.3, 0.4) is 0 Å². The van der Waals surface area contributed by atoms with Crippen LogP contribution in [0.5, 0.6) is 5.75 Å². The number of carbonyl (C=O) groups is 1. The van der Waals surface area contributed by atoms with Crippen molar-refractivity contribution in [2.24, 2.45) is 0 Å². The van der Waals surface area contributed by atoms with Crippen LogP contribution in [0.4, 0.5) is 5.69 Å². The summed E-state index contributed by atoms with van der Waals surface area (Å²) in [4.78, 5) is 12.5. The van der Waals surface area contributed by atoms with E-state index in [1.807, 2.05) is 32.0 Å². The summed E-state index contributed by atoms with van der Waals surface area (Å²) in [6.45, 7) is 12.6. The number of aryl methyl sites for hydroxylation is 2. The van der Waals surface area contributed by atoms with Crippen molar-refractivity contribution >= 4 is 11.6 Å². The normalized spacial score (nSPS) is 11.0. The summed E-state index contributed by atoms with van der Waals surface area (Å²) in [7, 11) is 0. The average molecular weight is 339 g/mol. The lowest BCUT2D eigenvalue weighted by molar-refractivity contribution is -0.118. The van der Waals surface area contributed by atoms with Crippen LogP contribution < -0.4 is 10.1 Å². The molecule has 2 aromatic carbocycles. The number of hydrogen-bond acceptors (Lipinski definition) is 2. The van der Waals surface area contributed by atoms with E-state index in [0.717, 1.165) is 33.7 Å². The minimum atomic E-state index is -0.129. The number of carbonyl (C=O) groups excluding carboxylic acids is 1. The molecule has 0 atom stereocenters. The third-order valence-corrected chi connectivity index (χ3v) is 4.34. The van der Waals surface area contributed by atoms with Gasteiger partial charge in [0.2, 0.25) is 0 Å². The number of ether oxygens (including phenoxy) is 1. The van der Waals surface area contributed by atoms with Crippen LogP contribution in [0.2, 0.25) is 0 Å². The van der Waals surface area contributed by atoms with Crippen LogP contribution in [0, 0.1) is 13.8 Å². The molecule has 0 radical (unpaired) electrons. The molecule has 0 heterocycles. The lowest BCUT2D eigenvalue weighted by Crippen LogP contribution is -2.22. The van der Waals surface area contributed by atoms with Gasteiger partial charge in [-0.15, -0.1) is 0 Å². The van der Waals surface area contributed by atoms with Crippen molar-refractivity contribution in [3.05, 3.63) is 58.7 Å². The smallest absolute Gasteiger partial charge is 0.262 e. The molecule has 1 N–H and O–H groups in total. The second-order valence-electron chi connectivity index (χ2n) is 7.23. The van der Waals surface area contributed by atoms with Crippen LogP contribution in [0.1, 0.15) is 61.8 Å². The Balaban J connectivity index is 2.16. The predicted molar refractivity (Wildman–Crippen MR) is 105 cm³/mol. The first-order chi connectivity index (χ1) is 11.8. The quantitative estimate of drug-likeness (QED) is 0.747. The van der Waals surface area contributed by atoms with Crippen molar-refractivity contribution in [1.29, 1.82) is 0 Å². The lowest BCUT2D eigenvalue weighted by atomic mass is 9.92. The molecule has 25 heavy (non-hydrogen) atoms. The first kappa shape index (κ1) is 19.0. The molecule has 0 aliphatic rings. The maximum atomic E-state index is 12.5. The maximum Gasteiger partial charge on any atom is 0.262 e. The summed E-state index contributed by atoms with van der Waals surface area (Å²) in [5.74, 6) is 1.31. The van der Waals surface area contributed by atoms with Crippen LogP contribution in [-0.2, 0) is 4.79 Å². The van der Waals surface area contributed by atoms with Gasteiger partial charge in [0.05, 0.1) is 0 Å². The van der Waals surface area contributed by atoms with E-state index in [1.54, 1.807) is 0 Å². The second-order valence-corrected chi connectivity index (χ2v) is 7.23. The molecule has 3 heteroatoms. The number of benzene rings is 2. The van der Waals surface area contributed by atoms with Crippen LogP contribution in [-0.4, -0.2) is 12.5 Å². The zero-order valence-corrected chi connectivity index (χ0v) is 16.1. The van der Waals surface area contributed by atoms with Gasteiger partial charge < -0.3 is 10.1 Å². The van der Waals surface area contributed by atoms with Crippen LogP contribution >= 0.6 is 0 Å². The van der Waals surface area contributed by atoms with Gasteiger partial charge in [0, 0.05) is 5.69 Å². The highest BCUT2D eigenvalue weighted by molar-refractivity contribution is 5.93. The number of anilines is 1. The van der Waals surface area contributed by atoms with Crippen molar-refractivity contribution in [3.8, 4) is 5.75 Å². The molecule has 0 aromatic heterocycles. The summed E-state index contributed by atoms with van der Waals surface area (Å²) in [5.41, 5.74) is 5.40.